The quantitative estimate of drug-likeness (QED) is 0.599. The van der Waals surface area contributed by atoms with Gasteiger partial charge in [0.25, 0.3) is 9.05 Å². The van der Waals surface area contributed by atoms with E-state index in [1.54, 1.807) is 26.0 Å². The van der Waals surface area contributed by atoms with E-state index in [1.807, 2.05) is 13.8 Å². The highest BCUT2D eigenvalue weighted by molar-refractivity contribution is 8.13. The molecule has 108 valence electrons. The van der Waals surface area contributed by atoms with Crippen LogP contribution in [0.15, 0.2) is 17.0 Å². The standard InChI is InChI=1S/C13H19ClO4S/c1-9(2)17-5-6-18-12-7-10(3)13(11(4)8-12)19(14,15)16/h7-9H,5-6H2,1-4H3. The van der Waals surface area contributed by atoms with Crippen molar-refractivity contribution in [1.82, 2.24) is 0 Å². The van der Waals surface area contributed by atoms with E-state index in [4.69, 9.17) is 20.2 Å². The van der Waals surface area contributed by atoms with E-state index in [1.165, 1.54) is 0 Å². The zero-order chi connectivity index (χ0) is 14.6. The Morgan fingerprint density at radius 1 is 1.16 bits per heavy atom. The van der Waals surface area contributed by atoms with Crippen molar-refractivity contribution in [3.8, 4) is 5.75 Å². The lowest BCUT2D eigenvalue weighted by atomic mass is 10.1. The van der Waals surface area contributed by atoms with Crippen molar-refractivity contribution in [1.29, 1.82) is 0 Å². The van der Waals surface area contributed by atoms with Crippen LogP contribution in [0.1, 0.15) is 25.0 Å². The number of rotatable bonds is 6. The second kappa shape index (κ2) is 6.59. The molecule has 1 rings (SSSR count). The summed E-state index contributed by atoms with van der Waals surface area (Å²) in [4.78, 5) is 0.153. The molecule has 1 aromatic rings. The molecule has 0 fully saturated rings. The average Bonchev–Trinajstić information content (AvgIpc) is 2.21. The van der Waals surface area contributed by atoms with Crippen LogP contribution in [0, 0.1) is 13.8 Å². The molecule has 0 saturated heterocycles. The lowest BCUT2D eigenvalue weighted by Gasteiger charge is -2.12. The van der Waals surface area contributed by atoms with E-state index >= 15 is 0 Å². The maximum absolute atomic E-state index is 11.4. The second-order valence-electron chi connectivity index (χ2n) is 4.59. The maximum atomic E-state index is 11.4. The van der Waals surface area contributed by atoms with E-state index in [9.17, 15) is 8.42 Å². The van der Waals surface area contributed by atoms with Crippen molar-refractivity contribution in [2.75, 3.05) is 13.2 Å². The smallest absolute Gasteiger partial charge is 0.261 e. The molecule has 0 N–H and O–H groups in total. The van der Waals surface area contributed by atoms with Gasteiger partial charge in [-0.3, -0.25) is 0 Å². The normalized spacial score (nSPS) is 11.9. The van der Waals surface area contributed by atoms with E-state index in [2.05, 4.69) is 0 Å². The molecule has 0 heterocycles. The van der Waals surface area contributed by atoms with Crippen molar-refractivity contribution in [3.05, 3.63) is 23.3 Å². The van der Waals surface area contributed by atoms with Crippen LogP contribution in [-0.4, -0.2) is 27.7 Å². The first-order valence-corrected chi connectivity index (χ1v) is 8.33. The molecule has 0 aliphatic heterocycles. The lowest BCUT2D eigenvalue weighted by molar-refractivity contribution is 0.0552. The summed E-state index contributed by atoms with van der Waals surface area (Å²) >= 11 is 0. The van der Waals surface area contributed by atoms with E-state index in [0.717, 1.165) is 0 Å². The Bertz CT molecular complexity index is 515. The van der Waals surface area contributed by atoms with Crippen molar-refractivity contribution < 1.29 is 17.9 Å². The van der Waals surface area contributed by atoms with Crippen LogP contribution < -0.4 is 4.74 Å². The Hall–Kier alpha value is -0.780. The number of hydrogen-bond donors (Lipinski definition) is 0. The van der Waals surface area contributed by atoms with Crippen LogP contribution in [0.3, 0.4) is 0 Å². The summed E-state index contributed by atoms with van der Waals surface area (Å²) in [6, 6.07) is 3.33. The molecule has 0 aromatic heterocycles. The number of benzene rings is 1. The van der Waals surface area contributed by atoms with Gasteiger partial charge >= 0.3 is 0 Å². The van der Waals surface area contributed by atoms with E-state index in [-0.39, 0.29) is 11.0 Å². The molecule has 0 spiro atoms. The number of halogens is 1. The Morgan fingerprint density at radius 3 is 2.11 bits per heavy atom. The SMILES string of the molecule is Cc1cc(OCCOC(C)C)cc(C)c1S(=O)(=O)Cl. The van der Waals surface area contributed by atoms with Gasteiger partial charge in [-0.2, -0.15) is 0 Å². The Labute approximate surface area is 119 Å². The minimum Gasteiger partial charge on any atom is -0.491 e. The van der Waals surface area contributed by atoms with Gasteiger partial charge in [0.2, 0.25) is 0 Å². The van der Waals surface area contributed by atoms with Crippen molar-refractivity contribution >= 4 is 19.7 Å². The zero-order valence-electron chi connectivity index (χ0n) is 11.6. The molecule has 0 radical (unpaired) electrons. The predicted octanol–water partition coefficient (Wildman–Crippen LogP) is 3.03. The van der Waals surface area contributed by atoms with Crippen molar-refractivity contribution in [2.24, 2.45) is 0 Å². The first-order chi connectivity index (χ1) is 8.71. The van der Waals surface area contributed by atoms with Gasteiger partial charge < -0.3 is 9.47 Å². The maximum Gasteiger partial charge on any atom is 0.261 e. The molecule has 0 saturated carbocycles. The average molecular weight is 307 g/mol. The Kier molecular flexibility index (Phi) is 5.64. The second-order valence-corrected chi connectivity index (χ2v) is 7.09. The molecule has 19 heavy (non-hydrogen) atoms. The number of ether oxygens (including phenoxy) is 2. The number of hydrogen-bond acceptors (Lipinski definition) is 4. The molecular formula is C13H19ClO4S. The predicted molar refractivity (Wildman–Crippen MR) is 75.5 cm³/mol. The minimum atomic E-state index is -3.73. The highest BCUT2D eigenvalue weighted by Gasteiger charge is 2.17. The van der Waals surface area contributed by atoms with Gasteiger partial charge in [0.15, 0.2) is 0 Å². The zero-order valence-corrected chi connectivity index (χ0v) is 13.1. The summed E-state index contributed by atoms with van der Waals surface area (Å²) < 4.78 is 33.7. The molecule has 1 aromatic carbocycles. The fraction of sp³-hybridized carbons (Fsp3) is 0.538. The monoisotopic (exact) mass is 306 g/mol. The third-order valence-corrected chi connectivity index (χ3v) is 4.08. The first kappa shape index (κ1) is 16.3. The largest absolute Gasteiger partial charge is 0.491 e. The van der Waals surface area contributed by atoms with Crippen molar-refractivity contribution in [3.63, 3.8) is 0 Å². The van der Waals surface area contributed by atoms with E-state index in [0.29, 0.717) is 30.1 Å². The number of aryl methyl sites for hydroxylation is 2. The van der Waals surface area contributed by atoms with Gasteiger partial charge in [-0.15, -0.1) is 0 Å². The molecule has 4 nitrogen and oxygen atoms in total. The molecule has 0 unspecified atom stereocenters. The minimum absolute atomic E-state index is 0.153. The van der Waals surface area contributed by atoms with Gasteiger partial charge in [-0.05, 0) is 51.0 Å². The molecule has 0 atom stereocenters. The molecule has 6 heteroatoms. The fourth-order valence-corrected chi connectivity index (χ4v) is 3.44. The van der Waals surface area contributed by atoms with E-state index < -0.39 is 9.05 Å². The highest BCUT2D eigenvalue weighted by Crippen LogP contribution is 2.28. The lowest BCUT2D eigenvalue weighted by Crippen LogP contribution is -2.11. The molecule has 0 aliphatic carbocycles. The topological polar surface area (TPSA) is 52.6 Å². The third kappa shape index (κ3) is 5.01. The van der Waals surface area contributed by atoms with Crippen LogP contribution in [-0.2, 0) is 13.8 Å². The van der Waals surface area contributed by atoms with Crippen molar-refractivity contribution in [2.45, 2.75) is 38.7 Å². The highest BCUT2D eigenvalue weighted by atomic mass is 35.7. The van der Waals surface area contributed by atoms with Gasteiger partial charge in [0.05, 0.1) is 17.6 Å². The molecule has 0 amide bonds. The van der Waals surface area contributed by atoms with Crippen LogP contribution in [0.5, 0.6) is 5.75 Å². The van der Waals surface area contributed by atoms with Gasteiger partial charge in [0, 0.05) is 10.7 Å². The first-order valence-electron chi connectivity index (χ1n) is 6.02. The van der Waals surface area contributed by atoms with Gasteiger partial charge in [-0.1, -0.05) is 0 Å². The summed E-state index contributed by atoms with van der Waals surface area (Å²) in [6.45, 7) is 8.21. The molecule has 0 aliphatic rings. The Balaban J connectivity index is 2.79. The summed E-state index contributed by atoms with van der Waals surface area (Å²) in [5, 5.41) is 0. The van der Waals surface area contributed by atoms with Gasteiger partial charge in [0.1, 0.15) is 12.4 Å². The summed E-state index contributed by atoms with van der Waals surface area (Å²) in [7, 11) is 1.67. The van der Waals surface area contributed by atoms with Crippen LogP contribution >= 0.6 is 10.7 Å². The Morgan fingerprint density at radius 2 is 1.68 bits per heavy atom. The van der Waals surface area contributed by atoms with Crippen LogP contribution in [0.25, 0.3) is 0 Å². The summed E-state index contributed by atoms with van der Waals surface area (Å²) in [6.07, 6.45) is 0.163. The van der Waals surface area contributed by atoms with Gasteiger partial charge in [-0.25, -0.2) is 8.42 Å². The fourth-order valence-electron chi connectivity index (χ4n) is 1.82. The summed E-state index contributed by atoms with van der Waals surface area (Å²) in [5.74, 6) is 0.617. The van der Waals surface area contributed by atoms with Crippen LogP contribution in [0.4, 0.5) is 0 Å². The summed E-state index contributed by atoms with van der Waals surface area (Å²) in [5.41, 5.74) is 1.16. The third-order valence-electron chi connectivity index (χ3n) is 2.48. The molecule has 0 bridgehead atoms. The van der Waals surface area contributed by atoms with Crippen LogP contribution in [0.2, 0.25) is 0 Å². The molecular weight excluding hydrogens is 288 g/mol.